The number of hydrogen-bond donors (Lipinski definition) is 2. The molecule has 0 aromatic heterocycles. The molecule has 0 spiro atoms. The Morgan fingerprint density at radius 3 is 2.28 bits per heavy atom. The zero-order chi connectivity index (χ0) is 26.0. The van der Waals surface area contributed by atoms with Gasteiger partial charge in [0.25, 0.3) is 5.91 Å². The first-order valence-corrected chi connectivity index (χ1v) is 11.3. The Bertz CT molecular complexity index is 1330. The van der Waals surface area contributed by atoms with Gasteiger partial charge in [0.2, 0.25) is 0 Å². The molecule has 36 heavy (non-hydrogen) atoms. The number of methoxy groups -OCH3 is 1. The molecule has 0 saturated heterocycles. The number of carbonyl (C=O) groups is 3. The molecule has 0 aliphatic carbocycles. The van der Waals surface area contributed by atoms with Crippen molar-refractivity contribution < 1.29 is 27.9 Å². The SMILES string of the molecule is COC(=O)C(C(C)C)N1Cc2cc(-c3ccc(NC(=O)Nc4ccc(F)cc4F)cc3)ccc2C1=O. The van der Waals surface area contributed by atoms with E-state index in [0.717, 1.165) is 28.8 Å². The van der Waals surface area contributed by atoms with Gasteiger partial charge in [0.1, 0.15) is 17.7 Å². The van der Waals surface area contributed by atoms with Crippen LogP contribution in [0.1, 0.15) is 29.8 Å². The van der Waals surface area contributed by atoms with Gasteiger partial charge in [-0.05, 0) is 59.0 Å². The molecular weight excluding hydrogens is 468 g/mol. The second-order valence-electron chi connectivity index (χ2n) is 8.80. The Hall–Kier alpha value is -4.27. The molecule has 1 aliphatic rings. The molecule has 0 radical (unpaired) electrons. The first kappa shape index (κ1) is 24.8. The molecule has 1 aliphatic heterocycles. The number of anilines is 2. The molecule has 0 fully saturated rings. The minimum atomic E-state index is -0.875. The summed E-state index contributed by atoms with van der Waals surface area (Å²) in [4.78, 5) is 39.0. The number of carbonyl (C=O) groups excluding carboxylic acids is 3. The van der Waals surface area contributed by atoms with Crippen molar-refractivity contribution in [3.63, 3.8) is 0 Å². The number of ether oxygens (including phenoxy) is 1. The molecule has 7 nitrogen and oxygen atoms in total. The highest BCUT2D eigenvalue weighted by molar-refractivity contribution is 6.01. The van der Waals surface area contributed by atoms with Crippen molar-refractivity contribution in [2.45, 2.75) is 26.4 Å². The van der Waals surface area contributed by atoms with Gasteiger partial charge in [0, 0.05) is 23.9 Å². The Balaban J connectivity index is 1.46. The van der Waals surface area contributed by atoms with Gasteiger partial charge >= 0.3 is 12.0 Å². The second-order valence-corrected chi connectivity index (χ2v) is 8.80. The van der Waals surface area contributed by atoms with E-state index in [1.165, 1.54) is 7.11 Å². The lowest BCUT2D eigenvalue weighted by atomic mass is 10.0. The van der Waals surface area contributed by atoms with Crippen LogP contribution in [0.25, 0.3) is 11.1 Å². The van der Waals surface area contributed by atoms with Crippen LogP contribution < -0.4 is 10.6 Å². The first-order valence-electron chi connectivity index (χ1n) is 11.3. The fourth-order valence-corrected chi connectivity index (χ4v) is 4.25. The van der Waals surface area contributed by atoms with Crippen molar-refractivity contribution in [1.82, 2.24) is 4.90 Å². The molecule has 2 N–H and O–H groups in total. The normalized spacial score (nSPS) is 13.4. The van der Waals surface area contributed by atoms with Gasteiger partial charge in [-0.3, -0.25) is 4.79 Å². The number of nitrogens with one attached hydrogen (secondary N) is 2. The number of fused-ring (bicyclic) bond motifs is 1. The average molecular weight is 494 g/mol. The summed E-state index contributed by atoms with van der Waals surface area (Å²) in [6.45, 7) is 4.05. The molecule has 3 amide bonds. The van der Waals surface area contributed by atoms with E-state index in [4.69, 9.17) is 4.74 Å². The molecule has 3 aromatic carbocycles. The third-order valence-electron chi connectivity index (χ3n) is 6.00. The summed E-state index contributed by atoms with van der Waals surface area (Å²) in [5.41, 5.74) is 3.42. The first-order chi connectivity index (χ1) is 17.2. The fraction of sp³-hybridized carbons (Fsp3) is 0.222. The smallest absolute Gasteiger partial charge is 0.328 e. The van der Waals surface area contributed by atoms with Gasteiger partial charge in [-0.15, -0.1) is 0 Å². The van der Waals surface area contributed by atoms with Crippen LogP contribution in [0.4, 0.5) is 25.0 Å². The highest BCUT2D eigenvalue weighted by Gasteiger charge is 2.38. The highest BCUT2D eigenvalue weighted by atomic mass is 19.1. The van der Waals surface area contributed by atoms with Gasteiger partial charge in [-0.25, -0.2) is 18.4 Å². The molecule has 3 aromatic rings. The van der Waals surface area contributed by atoms with E-state index in [9.17, 15) is 23.2 Å². The number of esters is 1. The van der Waals surface area contributed by atoms with E-state index in [0.29, 0.717) is 23.9 Å². The molecule has 1 atom stereocenters. The maximum Gasteiger partial charge on any atom is 0.328 e. The highest BCUT2D eigenvalue weighted by Crippen LogP contribution is 2.32. The Labute approximate surface area is 207 Å². The number of hydrogen-bond acceptors (Lipinski definition) is 4. The van der Waals surface area contributed by atoms with Gasteiger partial charge in [-0.1, -0.05) is 32.0 Å². The average Bonchev–Trinajstić information content (AvgIpc) is 3.16. The number of benzene rings is 3. The third kappa shape index (κ3) is 5.05. The predicted molar refractivity (Wildman–Crippen MR) is 131 cm³/mol. The van der Waals surface area contributed by atoms with Gasteiger partial charge < -0.3 is 20.3 Å². The molecule has 9 heteroatoms. The fourth-order valence-electron chi connectivity index (χ4n) is 4.25. The van der Waals surface area contributed by atoms with Crippen LogP contribution in [0.3, 0.4) is 0 Å². The summed E-state index contributed by atoms with van der Waals surface area (Å²) in [5, 5.41) is 4.93. The standard InChI is InChI=1S/C27H25F2N3O4/c1-15(2)24(26(34)36-3)32-14-18-12-17(6-10-21(18)25(32)33)16-4-8-20(9-5-16)30-27(35)31-23-11-7-19(28)13-22(23)29/h4-13,15,24H,14H2,1-3H3,(H2,30,31,35). The van der Waals surface area contributed by atoms with E-state index in [-0.39, 0.29) is 17.5 Å². The maximum atomic E-state index is 13.7. The predicted octanol–water partition coefficient (Wildman–Crippen LogP) is 5.43. The summed E-state index contributed by atoms with van der Waals surface area (Å²) in [6, 6.07) is 14.0. The van der Waals surface area contributed by atoms with Gasteiger partial charge in [0.15, 0.2) is 0 Å². The largest absolute Gasteiger partial charge is 0.467 e. The molecule has 1 heterocycles. The van der Waals surface area contributed by atoms with Gasteiger partial charge in [-0.2, -0.15) is 0 Å². The van der Waals surface area contributed by atoms with Crippen molar-refractivity contribution in [2.75, 3.05) is 17.7 Å². The molecule has 186 valence electrons. The lowest BCUT2D eigenvalue weighted by Gasteiger charge is -2.28. The second kappa shape index (κ2) is 10.2. The molecule has 0 saturated carbocycles. The van der Waals surface area contributed by atoms with E-state index in [2.05, 4.69) is 10.6 Å². The molecule has 1 unspecified atom stereocenters. The Morgan fingerprint density at radius 1 is 0.944 bits per heavy atom. The molecule has 0 bridgehead atoms. The lowest BCUT2D eigenvalue weighted by Crippen LogP contribution is -2.45. The monoisotopic (exact) mass is 493 g/mol. The zero-order valence-corrected chi connectivity index (χ0v) is 20.0. The van der Waals surface area contributed by atoms with Crippen LogP contribution in [0, 0.1) is 17.6 Å². The van der Waals surface area contributed by atoms with E-state index in [1.807, 2.05) is 26.0 Å². The van der Waals surface area contributed by atoms with Crippen LogP contribution in [0.2, 0.25) is 0 Å². The third-order valence-corrected chi connectivity index (χ3v) is 6.00. The number of nitrogens with zero attached hydrogens (tertiary/aromatic N) is 1. The van der Waals surface area contributed by atoms with Crippen LogP contribution >= 0.6 is 0 Å². The topological polar surface area (TPSA) is 87.7 Å². The minimum Gasteiger partial charge on any atom is -0.467 e. The van der Waals surface area contributed by atoms with Crippen molar-refractivity contribution in [3.05, 3.63) is 83.4 Å². The zero-order valence-electron chi connectivity index (χ0n) is 20.0. The summed E-state index contributed by atoms with van der Waals surface area (Å²) >= 11 is 0. The van der Waals surface area contributed by atoms with E-state index in [1.54, 1.807) is 35.2 Å². The van der Waals surface area contributed by atoms with Crippen molar-refractivity contribution in [2.24, 2.45) is 5.92 Å². The van der Waals surface area contributed by atoms with Crippen molar-refractivity contribution in [3.8, 4) is 11.1 Å². The number of amides is 3. The Kier molecular flexibility index (Phi) is 7.00. The minimum absolute atomic E-state index is 0.105. The molecular formula is C27H25F2N3O4. The lowest BCUT2D eigenvalue weighted by molar-refractivity contribution is -0.147. The summed E-state index contributed by atoms with van der Waals surface area (Å²) in [5.74, 6) is -2.36. The van der Waals surface area contributed by atoms with Crippen molar-refractivity contribution >= 4 is 29.3 Å². The van der Waals surface area contributed by atoms with Crippen LogP contribution in [0.5, 0.6) is 0 Å². The maximum absolute atomic E-state index is 13.7. The summed E-state index contributed by atoms with van der Waals surface area (Å²) in [6.07, 6.45) is 0. The van der Waals surface area contributed by atoms with E-state index < -0.39 is 29.7 Å². The van der Waals surface area contributed by atoms with Crippen LogP contribution in [0.15, 0.2) is 60.7 Å². The Morgan fingerprint density at radius 2 is 1.64 bits per heavy atom. The van der Waals surface area contributed by atoms with E-state index >= 15 is 0 Å². The quantitative estimate of drug-likeness (QED) is 0.449. The summed E-state index contributed by atoms with van der Waals surface area (Å²) in [7, 11) is 1.31. The van der Waals surface area contributed by atoms with Crippen LogP contribution in [-0.4, -0.2) is 36.0 Å². The number of rotatable bonds is 6. The van der Waals surface area contributed by atoms with Crippen molar-refractivity contribution in [1.29, 1.82) is 0 Å². The van der Waals surface area contributed by atoms with Crippen LogP contribution in [-0.2, 0) is 16.1 Å². The summed E-state index contributed by atoms with van der Waals surface area (Å²) < 4.78 is 31.7. The number of urea groups is 1. The molecule has 4 rings (SSSR count). The van der Waals surface area contributed by atoms with Gasteiger partial charge in [0.05, 0.1) is 12.8 Å². The number of halogens is 2.